The highest BCUT2D eigenvalue weighted by Gasteiger charge is 2.26. The van der Waals surface area contributed by atoms with E-state index in [2.05, 4.69) is 20.8 Å². The zero-order valence-corrected chi connectivity index (χ0v) is 10.0. The lowest BCUT2D eigenvalue weighted by Gasteiger charge is -2.33. The lowest BCUT2D eigenvalue weighted by atomic mass is 9.83. The number of rotatable bonds is 5. The van der Waals surface area contributed by atoms with Gasteiger partial charge in [-0.3, -0.25) is 0 Å². The molecule has 1 unspecified atom stereocenters. The fourth-order valence-corrected chi connectivity index (χ4v) is 1.70. The second-order valence-corrected chi connectivity index (χ2v) is 5.64. The lowest BCUT2D eigenvalue weighted by molar-refractivity contribution is -0.0858. The molecule has 0 saturated heterocycles. The summed E-state index contributed by atoms with van der Waals surface area (Å²) in [5.74, 6) is 0. The molecular formula is C11H24O3. The summed E-state index contributed by atoms with van der Waals surface area (Å²) >= 11 is 0. The van der Waals surface area contributed by atoms with Crippen molar-refractivity contribution in [1.29, 1.82) is 0 Å². The van der Waals surface area contributed by atoms with Gasteiger partial charge in [0.2, 0.25) is 0 Å². The van der Waals surface area contributed by atoms with E-state index in [1.54, 1.807) is 0 Å². The van der Waals surface area contributed by atoms with Crippen LogP contribution in [0.1, 0.15) is 41.0 Å². The van der Waals surface area contributed by atoms with Gasteiger partial charge in [-0.05, 0) is 25.7 Å². The Bertz CT molecular complexity index is 158. The molecule has 0 aliphatic carbocycles. The standard InChI is InChI=1S/C11H24O3/c1-10(2,3)8-11(4,5)14-7-9(13)6-12/h9,12-13H,6-8H2,1-5H3. The minimum atomic E-state index is -0.769. The van der Waals surface area contributed by atoms with Crippen LogP contribution in [0, 0.1) is 5.41 Å². The van der Waals surface area contributed by atoms with Gasteiger partial charge in [-0.2, -0.15) is 0 Å². The van der Waals surface area contributed by atoms with E-state index in [1.165, 1.54) is 0 Å². The first-order chi connectivity index (χ1) is 6.16. The van der Waals surface area contributed by atoms with Gasteiger partial charge in [0, 0.05) is 0 Å². The summed E-state index contributed by atoms with van der Waals surface area (Å²) in [6.07, 6.45) is 0.146. The average Bonchev–Trinajstić information content (AvgIpc) is 1.96. The zero-order valence-electron chi connectivity index (χ0n) is 10.0. The van der Waals surface area contributed by atoms with Crippen LogP contribution in [0.3, 0.4) is 0 Å². The van der Waals surface area contributed by atoms with E-state index >= 15 is 0 Å². The molecule has 0 aliphatic rings. The smallest absolute Gasteiger partial charge is 0.100 e. The third-order valence-corrected chi connectivity index (χ3v) is 1.83. The maximum atomic E-state index is 9.14. The predicted octanol–water partition coefficient (Wildman–Crippen LogP) is 1.57. The van der Waals surface area contributed by atoms with Gasteiger partial charge < -0.3 is 14.9 Å². The molecule has 86 valence electrons. The number of ether oxygens (including phenoxy) is 1. The zero-order chi connectivity index (χ0) is 11.4. The highest BCUT2D eigenvalue weighted by Crippen LogP contribution is 2.29. The molecule has 0 radical (unpaired) electrons. The molecule has 0 fully saturated rings. The van der Waals surface area contributed by atoms with Crippen molar-refractivity contribution in [2.75, 3.05) is 13.2 Å². The molecule has 0 amide bonds. The minimum absolute atomic E-state index is 0.194. The van der Waals surface area contributed by atoms with Crippen LogP contribution < -0.4 is 0 Å². The van der Waals surface area contributed by atoms with Gasteiger partial charge in [0.1, 0.15) is 6.10 Å². The summed E-state index contributed by atoms with van der Waals surface area (Å²) < 4.78 is 5.55. The van der Waals surface area contributed by atoms with Crippen molar-refractivity contribution in [3.8, 4) is 0 Å². The molecule has 0 bridgehead atoms. The summed E-state index contributed by atoms with van der Waals surface area (Å²) in [6, 6.07) is 0. The molecule has 0 aromatic carbocycles. The Hall–Kier alpha value is -0.120. The monoisotopic (exact) mass is 204 g/mol. The molecule has 0 heterocycles. The van der Waals surface area contributed by atoms with E-state index in [-0.39, 0.29) is 24.2 Å². The summed E-state index contributed by atoms with van der Waals surface area (Å²) in [5, 5.41) is 17.8. The third-order valence-electron chi connectivity index (χ3n) is 1.83. The van der Waals surface area contributed by atoms with Gasteiger partial charge in [0.25, 0.3) is 0 Å². The maximum absolute atomic E-state index is 9.14. The Morgan fingerprint density at radius 1 is 1.14 bits per heavy atom. The molecule has 0 spiro atoms. The molecular weight excluding hydrogens is 180 g/mol. The predicted molar refractivity (Wildman–Crippen MR) is 57.2 cm³/mol. The molecule has 0 rings (SSSR count). The SMILES string of the molecule is CC(C)(C)CC(C)(C)OCC(O)CO. The largest absolute Gasteiger partial charge is 0.394 e. The highest BCUT2D eigenvalue weighted by molar-refractivity contribution is 4.77. The number of aliphatic hydroxyl groups excluding tert-OH is 2. The van der Waals surface area contributed by atoms with Crippen molar-refractivity contribution < 1.29 is 14.9 Å². The summed E-state index contributed by atoms with van der Waals surface area (Å²) in [6.45, 7) is 10.4. The first kappa shape index (κ1) is 13.9. The lowest BCUT2D eigenvalue weighted by Crippen LogP contribution is -2.34. The molecule has 0 aliphatic heterocycles. The van der Waals surface area contributed by atoms with E-state index in [0.29, 0.717) is 0 Å². The maximum Gasteiger partial charge on any atom is 0.100 e. The molecule has 0 aromatic rings. The van der Waals surface area contributed by atoms with Crippen LogP contribution in [0.5, 0.6) is 0 Å². The summed E-state index contributed by atoms with van der Waals surface area (Å²) in [4.78, 5) is 0. The van der Waals surface area contributed by atoms with Crippen molar-refractivity contribution in [1.82, 2.24) is 0 Å². The number of hydrogen-bond acceptors (Lipinski definition) is 3. The number of hydrogen-bond donors (Lipinski definition) is 2. The summed E-state index contributed by atoms with van der Waals surface area (Å²) in [7, 11) is 0. The van der Waals surface area contributed by atoms with Gasteiger partial charge >= 0.3 is 0 Å². The minimum Gasteiger partial charge on any atom is -0.394 e. The van der Waals surface area contributed by atoms with E-state index in [4.69, 9.17) is 14.9 Å². The first-order valence-corrected chi connectivity index (χ1v) is 5.09. The van der Waals surface area contributed by atoms with Crippen molar-refractivity contribution in [2.24, 2.45) is 5.41 Å². The van der Waals surface area contributed by atoms with Crippen molar-refractivity contribution in [3.63, 3.8) is 0 Å². The first-order valence-electron chi connectivity index (χ1n) is 5.09. The van der Waals surface area contributed by atoms with Crippen LogP contribution in [0.4, 0.5) is 0 Å². The second-order valence-electron chi connectivity index (χ2n) is 5.64. The fourth-order valence-electron chi connectivity index (χ4n) is 1.70. The van der Waals surface area contributed by atoms with Gasteiger partial charge in [-0.25, -0.2) is 0 Å². The molecule has 0 saturated carbocycles. The second kappa shape index (κ2) is 5.10. The Labute approximate surface area is 87.1 Å². The van der Waals surface area contributed by atoms with Gasteiger partial charge in [-0.15, -0.1) is 0 Å². The third kappa shape index (κ3) is 7.30. The van der Waals surface area contributed by atoms with Gasteiger partial charge in [0.05, 0.1) is 18.8 Å². The normalized spacial score (nSPS) is 15.6. The van der Waals surface area contributed by atoms with Crippen LogP contribution in [0.15, 0.2) is 0 Å². The van der Waals surface area contributed by atoms with Crippen LogP contribution in [-0.4, -0.2) is 35.1 Å². The average molecular weight is 204 g/mol. The Morgan fingerprint density at radius 3 is 2.00 bits per heavy atom. The van der Waals surface area contributed by atoms with Crippen LogP contribution in [0.2, 0.25) is 0 Å². The van der Waals surface area contributed by atoms with E-state index in [0.717, 1.165) is 6.42 Å². The quantitative estimate of drug-likeness (QED) is 0.714. The molecule has 1 atom stereocenters. The number of aliphatic hydroxyl groups is 2. The molecule has 2 N–H and O–H groups in total. The van der Waals surface area contributed by atoms with Gasteiger partial charge in [0.15, 0.2) is 0 Å². The molecule has 14 heavy (non-hydrogen) atoms. The van der Waals surface area contributed by atoms with Crippen LogP contribution >= 0.6 is 0 Å². The van der Waals surface area contributed by atoms with E-state index in [1.807, 2.05) is 13.8 Å². The fraction of sp³-hybridized carbons (Fsp3) is 1.00. The highest BCUT2D eigenvalue weighted by atomic mass is 16.5. The topological polar surface area (TPSA) is 49.7 Å². The summed E-state index contributed by atoms with van der Waals surface area (Å²) in [5.41, 5.74) is -0.0535. The molecule has 0 aromatic heterocycles. The molecule has 3 nitrogen and oxygen atoms in total. The van der Waals surface area contributed by atoms with E-state index < -0.39 is 6.10 Å². The van der Waals surface area contributed by atoms with Crippen LogP contribution in [0.25, 0.3) is 0 Å². The van der Waals surface area contributed by atoms with Gasteiger partial charge in [-0.1, -0.05) is 20.8 Å². The van der Waals surface area contributed by atoms with Crippen molar-refractivity contribution in [3.05, 3.63) is 0 Å². The Morgan fingerprint density at radius 2 is 1.64 bits per heavy atom. The van der Waals surface area contributed by atoms with Crippen molar-refractivity contribution in [2.45, 2.75) is 52.7 Å². The molecule has 3 heteroatoms. The van der Waals surface area contributed by atoms with Crippen LogP contribution in [-0.2, 0) is 4.74 Å². The Balaban J connectivity index is 3.95. The van der Waals surface area contributed by atoms with Crippen molar-refractivity contribution >= 4 is 0 Å². The van der Waals surface area contributed by atoms with E-state index in [9.17, 15) is 0 Å². The Kier molecular flexibility index (Phi) is 5.06.